The number of primary amides is 1. The van der Waals surface area contributed by atoms with Gasteiger partial charge in [-0.25, -0.2) is 0 Å². The van der Waals surface area contributed by atoms with Crippen molar-refractivity contribution in [3.8, 4) is 10.4 Å². The summed E-state index contributed by atoms with van der Waals surface area (Å²) in [5.41, 5.74) is 6.42. The Labute approximate surface area is 134 Å². The van der Waals surface area contributed by atoms with Gasteiger partial charge in [0.25, 0.3) is 5.91 Å². The molecule has 0 saturated carbocycles. The summed E-state index contributed by atoms with van der Waals surface area (Å²) in [5, 5.41) is 15.3. The minimum atomic E-state index is -0.943. The molecule has 8 heteroatoms. The van der Waals surface area contributed by atoms with Gasteiger partial charge in [0.1, 0.15) is 5.00 Å². The van der Waals surface area contributed by atoms with Gasteiger partial charge >= 0.3 is 5.97 Å². The maximum Gasteiger partial charge on any atom is 0.303 e. The van der Waals surface area contributed by atoms with Crippen LogP contribution in [0.3, 0.4) is 0 Å². The first-order valence-electron chi connectivity index (χ1n) is 6.46. The lowest BCUT2D eigenvalue weighted by molar-refractivity contribution is -0.137. The van der Waals surface area contributed by atoms with E-state index in [0.29, 0.717) is 16.1 Å². The number of rotatable bonds is 7. The second-order valence-corrected chi connectivity index (χ2v) is 6.32. The molecule has 116 valence electrons. The van der Waals surface area contributed by atoms with Gasteiger partial charge in [-0.15, -0.1) is 22.7 Å². The fourth-order valence-electron chi connectivity index (χ4n) is 1.90. The highest BCUT2D eigenvalue weighted by Gasteiger charge is 2.20. The van der Waals surface area contributed by atoms with E-state index in [1.807, 2.05) is 17.5 Å². The molecule has 2 heterocycles. The summed E-state index contributed by atoms with van der Waals surface area (Å²) in [6.07, 6.45) is 0.258. The van der Waals surface area contributed by atoms with Crippen molar-refractivity contribution in [2.45, 2.75) is 19.3 Å². The fraction of sp³-hybridized carbons (Fsp3) is 0.214. The summed E-state index contributed by atoms with van der Waals surface area (Å²) in [6.45, 7) is 0. The average Bonchev–Trinajstić information content (AvgIpc) is 3.06. The minimum absolute atomic E-state index is 0.0685. The second kappa shape index (κ2) is 7.19. The predicted octanol–water partition coefficient (Wildman–Crippen LogP) is 2.77. The largest absolute Gasteiger partial charge is 0.481 e. The van der Waals surface area contributed by atoms with Crippen LogP contribution in [-0.2, 0) is 9.59 Å². The molecule has 6 nitrogen and oxygen atoms in total. The number of anilines is 1. The molecule has 0 radical (unpaired) electrons. The predicted molar refractivity (Wildman–Crippen MR) is 86.3 cm³/mol. The molecule has 0 fully saturated rings. The monoisotopic (exact) mass is 338 g/mol. The average molecular weight is 338 g/mol. The molecule has 0 bridgehead atoms. The van der Waals surface area contributed by atoms with Gasteiger partial charge in [0.2, 0.25) is 5.91 Å². The zero-order valence-corrected chi connectivity index (χ0v) is 13.1. The Hall–Kier alpha value is -2.19. The molecule has 2 rings (SSSR count). The standard InChI is InChI=1S/C14H14N2O4S2/c15-13(20)12-8(9-3-2-6-21-9)7-22-14(12)16-10(17)4-1-5-11(18)19/h2-3,6-7H,1,4-5H2,(H2,15,20)(H,16,17)(H,18,19). The molecule has 0 spiro atoms. The number of hydrogen-bond donors (Lipinski definition) is 3. The highest BCUT2D eigenvalue weighted by atomic mass is 32.1. The highest BCUT2D eigenvalue weighted by molar-refractivity contribution is 7.17. The molecule has 0 atom stereocenters. The van der Waals surface area contributed by atoms with Crippen molar-refractivity contribution in [3.63, 3.8) is 0 Å². The number of nitrogens with one attached hydrogen (secondary N) is 1. The van der Waals surface area contributed by atoms with E-state index < -0.39 is 11.9 Å². The van der Waals surface area contributed by atoms with Gasteiger partial charge in [0, 0.05) is 28.7 Å². The number of carboxylic acids is 1. The van der Waals surface area contributed by atoms with Crippen molar-refractivity contribution in [1.29, 1.82) is 0 Å². The second-order valence-electron chi connectivity index (χ2n) is 4.49. The zero-order valence-electron chi connectivity index (χ0n) is 11.5. The summed E-state index contributed by atoms with van der Waals surface area (Å²) >= 11 is 2.71. The number of hydrogen-bond acceptors (Lipinski definition) is 5. The van der Waals surface area contributed by atoms with Crippen LogP contribution in [0.25, 0.3) is 10.4 Å². The van der Waals surface area contributed by atoms with Gasteiger partial charge in [-0.1, -0.05) is 6.07 Å². The van der Waals surface area contributed by atoms with Gasteiger partial charge in [-0.3, -0.25) is 14.4 Å². The lowest BCUT2D eigenvalue weighted by Crippen LogP contribution is -2.17. The van der Waals surface area contributed by atoms with Gasteiger partial charge in [0.15, 0.2) is 0 Å². The third-order valence-corrected chi connectivity index (χ3v) is 4.67. The normalized spacial score (nSPS) is 10.4. The molecule has 4 N–H and O–H groups in total. The Morgan fingerprint density at radius 1 is 1.23 bits per heavy atom. The Kier molecular flexibility index (Phi) is 5.29. The number of aliphatic carboxylic acids is 1. The number of carbonyl (C=O) groups excluding carboxylic acids is 2. The van der Waals surface area contributed by atoms with Crippen LogP contribution >= 0.6 is 22.7 Å². The molecular weight excluding hydrogens is 324 g/mol. The maximum absolute atomic E-state index is 11.8. The maximum atomic E-state index is 11.8. The van der Waals surface area contributed by atoms with Gasteiger partial charge in [0.05, 0.1) is 5.56 Å². The summed E-state index contributed by atoms with van der Waals surface area (Å²) in [5.74, 6) is -1.88. The van der Waals surface area contributed by atoms with E-state index in [1.54, 1.807) is 5.38 Å². The number of thiophene rings is 2. The topological polar surface area (TPSA) is 109 Å². The van der Waals surface area contributed by atoms with E-state index in [4.69, 9.17) is 10.8 Å². The van der Waals surface area contributed by atoms with Crippen LogP contribution < -0.4 is 11.1 Å². The summed E-state index contributed by atoms with van der Waals surface area (Å²) in [4.78, 5) is 34.8. The lowest BCUT2D eigenvalue weighted by atomic mass is 10.1. The van der Waals surface area contributed by atoms with Crippen LogP contribution in [0.4, 0.5) is 5.00 Å². The molecular formula is C14H14N2O4S2. The summed E-state index contributed by atoms with van der Waals surface area (Å²) in [7, 11) is 0. The van der Waals surface area contributed by atoms with Gasteiger partial charge in [-0.2, -0.15) is 0 Å². The zero-order chi connectivity index (χ0) is 16.1. The van der Waals surface area contributed by atoms with Crippen molar-refractivity contribution in [1.82, 2.24) is 0 Å². The molecule has 2 aromatic rings. The fourth-order valence-corrected chi connectivity index (χ4v) is 3.70. The molecule has 0 aliphatic carbocycles. The van der Waals surface area contributed by atoms with Crippen LogP contribution in [-0.4, -0.2) is 22.9 Å². The van der Waals surface area contributed by atoms with Crippen molar-refractivity contribution in [2.24, 2.45) is 5.73 Å². The van der Waals surface area contributed by atoms with Crippen molar-refractivity contribution < 1.29 is 19.5 Å². The SMILES string of the molecule is NC(=O)c1c(-c2cccs2)csc1NC(=O)CCCC(=O)O. The van der Waals surface area contributed by atoms with Crippen LogP contribution in [0.15, 0.2) is 22.9 Å². The Bertz CT molecular complexity index is 692. The van der Waals surface area contributed by atoms with E-state index in [2.05, 4.69) is 5.32 Å². The van der Waals surface area contributed by atoms with E-state index in [1.165, 1.54) is 22.7 Å². The smallest absolute Gasteiger partial charge is 0.303 e. The molecule has 0 aromatic carbocycles. The third-order valence-electron chi connectivity index (χ3n) is 2.87. The first-order valence-corrected chi connectivity index (χ1v) is 8.21. The number of carboxylic acid groups (broad SMARTS) is 1. The van der Waals surface area contributed by atoms with E-state index in [0.717, 1.165) is 4.88 Å². The van der Waals surface area contributed by atoms with Crippen molar-refractivity contribution >= 4 is 45.5 Å². The number of amides is 2. The summed E-state index contributed by atoms with van der Waals surface area (Å²) in [6, 6.07) is 3.74. The quantitative estimate of drug-likeness (QED) is 0.721. The van der Waals surface area contributed by atoms with Crippen molar-refractivity contribution in [2.75, 3.05) is 5.32 Å². The Morgan fingerprint density at radius 3 is 2.59 bits per heavy atom. The van der Waals surface area contributed by atoms with E-state index >= 15 is 0 Å². The molecule has 0 saturated heterocycles. The van der Waals surface area contributed by atoms with Gasteiger partial charge < -0.3 is 16.2 Å². The van der Waals surface area contributed by atoms with Crippen LogP contribution in [0.1, 0.15) is 29.6 Å². The van der Waals surface area contributed by atoms with Crippen LogP contribution in [0.5, 0.6) is 0 Å². The Morgan fingerprint density at radius 2 is 2.00 bits per heavy atom. The molecule has 0 aliphatic rings. The number of nitrogens with two attached hydrogens (primary N) is 1. The van der Waals surface area contributed by atoms with Crippen molar-refractivity contribution in [3.05, 3.63) is 28.5 Å². The molecule has 0 unspecified atom stereocenters. The molecule has 22 heavy (non-hydrogen) atoms. The van der Waals surface area contributed by atoms with E-state index in [9.17, 15) is 14.4 Å². The molecule has 2 amide bonds. The van der Waals surface area contributed by atoms with Crippen LogP contribution in [0.2, 0.25) is 0 Å². The van der Waals surface area contributed by atoms with Gasteiger partial charge in [-0.05, 0) is 17.9 Å². The molecule has 0 aliphatic heterocycles. The first-order chi connectivity index (χ1) is 10.5. The first kappa shape index (κ1) is 16.2. The summed E-state index contributed by atoms with van der Waals surface area (Å²) < 4.78 is 0. The number of carbonyl (C=O) groups is 3. The lowest BCUT2D eigenvalue weighted by Gasteiger charge is -2.05. The Balaban J connectivity index is 2.13. The minimum Gasteiger partial charge on any atom is -0.481 e. The highest BCUT2D eigenvalue weighted by Crippen LogP contribution is 2.37. The van der Waals surface area contributed by atoms with Crippen LogP contribution in [0, 0.1) is 0 Å². The third kappa shape index (κ3) is 3.92. The van der Waals surface area contributed by atoms with E-state index in [-0.39, 0.29) is 25.2 Å². The molecule has 2 aromatic heterocycles.